The van der Waals surface area contributed by atoms with Gasteiger partial charge in [-0.15, -0.1) is 0 Å². The molecule has 0 saturated heterocycles. The number of anilines is 1. The summed E-state index contributed by atoms with van der Waals surface area (Å²) in [6.07, 6.45) is 0. The lowest BCUT2D eigenvalue weighted by atomic mass is 10.1. The van der Waals surface area contributed by atoms with E-state index >= 15 is 0 Å². The first-order chi connectivity index (χ1) is 12.3. The van der Waals surface area contributed by atoms with Gasteiger partial charge in [-0.25, -0.2) is 9.59 Å². The fourth-order valence-electron chi connectivity index (χ4n) is 2.24. The summed E-state index contributed by atoms with van der Waals surface area (Å²) >= 11 is 0. The number of nitrogens with two attached hydrogens (primary N) is 1. The van der Waals surface area contributed by atoms with Crippen molar-refractivity contribution in [3.63, 3.8) is 0 Å². The van der Waals surface area contributed by atoms with Crippen LogP contribution in [-0.4, -0.2) is 36.5 Å². The first-order valence-electron chi connectivity index (χ1n) is 7.98. The van der Waals surface area contributed by atoms with Crippen molar-refractivity contribution < 1.29 is 19.1 Å². The van der Waals surface area contributed by atoms with Gasteiger partial charge in [-0.3, -0.25) is 4.79 Å². The van der Waals surface area contributed by atoms with Gasteiger partial charge in [-0.1, -0.05) is 35.9 Å². The Labute approximate surface area is 151 Å². The molecule has 0 saturated carbocycles. The molecular weight excluding hydrogens is 334 g/mol. The molecule has 7 heteroatoms. The maximum absolute atomic E-state index is 12.1. The van der Waals surface area contributed by atoms with Gasteiger partial charge in [0, 0.05) is 19.3 Å². The highest BCUT2D eigenvalue weighted by atomic mass is 16.5. The minimum atomic E-state index is -0.733. The van der Waals surface area contributed by atoms with Crippen molar-refractivity contribution in [2.24, 2.45) is 5.73 Å². The summed E-state index contributed by atoms with van der Waals surface area (Å²) in [6.45, 7) is 2.05. The van der Waals surface area contributed by atoms with Crippen molar-refractivity contribution in [3.8, 4) is 0 Å². The molecule has 0 atom stereocenters. The van der Waals surface area contributed by atoms with Crippen LogP contribution in [0.4, 0.5) is 10.5 Å². The molecule has 136 valence electrons. The Morgan fingerprint density at radius 2 is 1.81 bits per heavy atom. The third-order valence-electron chi connectivity index (χ3n) is 3.66. The number of rotatable bonds is 6. The predicted octanol–water partition coefficient (Wildman–Crippen LogP) is 2.30. The number of ether oxygens (including phenoxy) is 1. The molecule has 0 spiro atoms. The van der Waals surface area contributed by atoms with E-state index in [0.29, 0.717) is 12.2 Å². The second-order valence-corrected chi connectivity index (χ2v) is 5.88. The zero-order valence-corrected chi connectivity index (χ0v) is 14.7. The van der Waals surface area contributed by atoms with E-state index < -0.39 is 12.0 Å². The molecule has 2 aromatic rings. The van der Waals surface area contributed by atoms with E-state index in [-0.39, 0.29) is 18.1 Å². The number of amides is 3. The summed E-state index contributed by atoms with van der Waals surface area (Å²) in [5.41, 5.74) is 7.75. The van der Waals surface area contributed by atoms with E-state index in [9.17, 15) is 14.4 Å². The molecule has 3 N–H and O–H groups in total. The summed E-state index contributed by atoms with van der Waals surface area (Å²) in [5, 5.41) is 2.37. The topological polar surface area (TPSA) is 102 Å². The van der Waals surface area contributed by atoms with Gasteiger partial charge in [0.15, 0.2) is 6.61 Å². The molecule has 0 aliphatic carbocycles. The van der Waals surface area contributed by atoms with Gasteiger partial charge in [0.25, 0.3) is 5.91 Å². The molecule has 0 fully saturated rings. The summed E-state index contributed by atoms with van der Waals surface area (Å²) in [6, 6.07) is 13.2. The second kappa shape index (κ2) is 8.66. The number of nitrogens with one attached hydrogen (secondary N) is 1. The van der Waals surface area contributed by atoms with Crippen LogP contribution in [0.15, 0.2) is 48.5 Å². The van der Waals surface area contributed by atoms with Gasteiger partial charge in [-0.2, -0.15) is 0 Å². The number of urea groups is 1. The number of benzene rings is 2. The van der Waals surface area contributed by atoms with E-state index in [1.807, 2.05) is 31.2 Å². The minimum absolute atomic E-state index is 0.213. The Hall–Kier alpha value is -3.35. The lowest BCUT2D eigenvalue weighted by molar-refractivity contribution is -0.133. The highest BCUT2D eigenvalue weighted by molar-refractivity contribution is 5.94. The molecule has 0 heterocycles. The molecule has 0 unspecified atom stereocenters. The number of carbonyl (C=O) groups is 3. The summed E-state index contributed by atoms with van der Waals surface area (Å²) in [4.78, 5) is 36.5. The molecule has 26 heavy (non-hydrogen) atoms. The van der Waals surface area contributed by atoms with Crippen LogP contribution in [0.25, 0.3) is 0 Å². The molecule has 0 bridgehead atoms. The van der Waals surface area contributed by atoms with Crippen molar-refractivity contribution in [2.45, 2.75) is 13.5 Å². The number of hydrogen-bond donors (Lipinski definition) is 2. The Kier molecular flexibility index (Phi) is 6.32. The zero-order chi connectivity index (χ0) is 19.1. The van der Waals surface area contributed by atoms with Gasteiger partial charge >= 0.3 is 12.0 Å². The molecule has 0 aliphatic rings. The van der Waals surface area contributed by atoms with Crippen LogP contribution in [0.1, 0.15) is 21.5 Å². The predicted molar refractivity (Wildman–Crippen MR) is 97.6 cm³/mol. The van der Waals surface area contributed by atoms with Crippen LogP contribution in [0.2, 0.25) is 0 Å². The van der Waals surface area contributed by atoms with Crippen molar-refractivity contribution >= 4 is 23.6 Å². The van der Waals surface area contributed by atoms with Gasteiger partial charge < -0.3 is 20.7 Å². The third-order valence-corrected chi connectivity index (χ3v) is 3.66. The van der Waals surface area contributed by atoms with Crippen molar-refractivity contribution in [1.29, 1.82) is 0 Å². The third kappa shape index (κ3) is 5.62. The van der Waals surface area contributed by atoms with Crippen LogP contribution in [0, 0.1) is 6.92 Å². The highest BCUT2D eigenvalue weighted by Crippen LogP contribution is 2.12. The maximum atomic E-state index is 12.1. The van der Waals surface area contributed by atoms with Crippen LogP contribution in [-0.2, 0) is 16.1 Å². The lowest BCUT2D eigenvalue weighted by Gasteiger charge is -2.17. The highest BCUT2D eigenvalue weighted by Gasteiger charge is 2.14. The summed E-state index contributed by atoms with van der Waals surface area (Å²) in [5.74, 6) is -0.972. The zero-order valence-electron chi connectivity index (χ0n) is 14.7. The second-order valence-electron chi connectivity index (χ2n) is 5.88. The Morgan fingerprint density at radius 1 is 1.12 bits per heavy atom. The molecule has 2 aromatic carbocycles. The first-order valence-corrected chi connectivity index (χ1v) is 7.98. The number of esters is 1. The van der Waals surface area contributed by atoms with E-state index in [1.165, 1.54) is 17.0 Å². The van der Waals surface area contributed by atoms with Gasteiger partial charge in [0.1, 0.15) is 0 Å². The average Bonchev–Trinajstić information content (AvgIpc) is 2.61. The quantitative estimate of drug-likeness (QED) is 0.776. The van der Waals surface area contributed by atoms with E-state index in [4.69, 9.17) is 10.5 Å². The summed E-state index contributed by atoms with van der Waals surface area (Å²) < 4.78 is 5.05. The SMILES string of the molecule is Cc1ccc(CN(C)C(=O)COC(=O)c2cccc(NC(N)=O)c2)cc1. The number of primary amides is 1. The molecule has 3 amide bonds. The van der Waals surface area contributed by atoms with Crippen LogP contribution < -0.4 is 11.1 Å². The Bertz CT molecular complexity index is 803. The van der Waals surface area contributed by atoms with Gasteiger partial charge in [-0.05, 0) is 30.7 Å². The monoisotopic (exact) mass is 355 g/mol. The van der Waals surface area contributed by atoms with E-state index in [0.717, 1.165) is 11.1 Å². The molecule has 0 radical (unpaired) electrons. The molecule has 0 aliphatic heterocycles. The standard InChI is InChI=1S/C19H21N3O4/c1-13-6-8-14(9-7-13)11-22(2)17(23)12-26-18(24)15-4-3-5-16(10-15)21-19(20)25/h3-10H,11-12H2,1-2H3,(H3,20,21,25). The normalized spacial score (nSPS) is 10.1. The van der Waals surface area contributed by atoms with E-state index in [1.54, 1.807) is 19.2 Å². The summed E-state index contributed by atoms with van der Waals surface area (Å²) in [7, 11) is 1.65. The number of aryl methyl sites for hydroxylation is 1. The Morgan fingerprint density at radius 3 is 2.46 bits per heavy atom. The van der Waals surface area contributed by atoms with Crippen LogP contribution in [0.3, 0.4) is 0 Å². The number of carbonyl (C=O) groups excluding carboxylic acids is 3. The number of hydrogen-bond acceptors (Lipinski definition) is 4. The molecular formula is C19H21N3O4. The van der Waals surface area contributed by atoms with Crippen molar-refractivity contribution in [1.82, 2.24) is 4.90 Å². The van der Waals surface area contributed by atoms with Gasteiger partial charge in [0.05, 0.1) is 5.56 Å². The minimum Gasteiger partial charge on any atom is -0.452 e. The average molecular weight is 355 g/mol. The number of likely N-dealkylation sites (N-methyl/N-ethyl adjacent to an activating group) is 1. The van der Waals surface area contributed by atoms with Crippen molar-refractivity contribution in [3.05, 3.63) is 65.2 Å². The molecule has 0 aromatic heterocycles. The lowest BCUT2D eigenvalue weighted by Crippen LogP contribution is -2.30. The fourth-order valence-corrected chi connectivity index (χ4v) is 2.24. The maximum Gasteiger partial charge on any atom is 0.338 e. The van der Waals surface area contributed by atoms with E-state index in [2.05, 4.69) is 5.32 Å². The smallest absolute Gasteiger partial charge is 0.338 e. The van der Waals surface area contributed by atoms with Crippen LogP contribution >= 0.6 is 0 Å². The van der Waals surface area contributed by atoms with Gasteiger partial charge in [0.2, 0.25) is 0 Å². The van der Waals surface area contributed by atoms with Crippen molar-refractivity contribution in [2.75, 3.05) is 19.0 Å². The largest absolute Gasteiger partial charge is 0.452 e. The first kappa shape index (κ1) is 19.0. The molecule has 2 rings (SSSR count). The number of nitrogens with zero attached hydrogens (tertiary/aromatic N) is 1. The fraction of sp³-hybridized carbons (Fsp3) is 0.211. The Balaban J connectivity index is 1.88. The molecule has 7 nitrogen and oxygen atoms in total. The van der Waals surface area contributed by atoms with Crippen LogP contribution in [0.5, 0.6) is 0 Å².